The molecule has 0 fully saturated rings. The number of benzene rings is 1. The fourth-order valence-corrected chi connectivity index (χ4v) is 2.72. The Hall–Kier alpha value is -1.90. The summed E-state index contributed by atoms with van der Waals surface area (Å²) >= 11 is 0. The van der Waals surface area contributed by atoms with Gasteiger partial charge in [0.25, 0.3) is 0 Å². The van der Waals surface area contributed by atoms with Crippen molar-refractivity contribution in [3.8, 4) is 0 Å². The first-order valence-corrected chi connectivity index (χ1v) is 7.86. The Kier molecular flexibility index (Phi) is 5.32. The molecule has 112 valence electrons. The van der Waals surface area contributed by atoms with Crippen LogP contribution < -0.4 is 0 Å². The number of hydrogen-bond acceptors (Lipinski definition) is 2. The van der Waals surface area contributed by atoms with Gasteiger partial charge in [-0.15, -0.1) is 0 Å². The second-order valence-electron chi connectivity index (χ2n) is 5.21. The second-order valence-corrected chi connectivity index (χ2v) is 5.21. The number of hydrogen-bond donors (Lipinski definition) is 0. The first-order valence-electron chi connectivity index (χ1n) is 7.86. The van der Waals surface area contributed by atoms with E-state index in [1.54, 1.807) is 0 Å². The predicted molar refractivity (Wildman–Crippen MR) is 85.8 cm³/mol. The lowest BCUT2D eigenvalue weighted by Crippen LogP contribution is -2.09. The molecule has 0 saturated carbocycles. The van der Waals surface area contributed by atoms with Gasteiger partial charge in [0.05, 0.1) is 11.3 Å². The number of ketones is 1. The standard InChI is InChI=1S/C18H24N2O/c1-4-15-18(17(21)6-3)16(5-2)20(19-15)13-12-14-10-8-7-9-11-14/h7-11H,4-6,12-13H2,1-3H3. The van der Waals surface area contributed by atoms with Gasteiger partial charge in [-0.2, -0.15) is 5.10 Å². The van der Waals surface area contributed by atoms with Crippen molar-refractivity contribution < 1.29 is 4.79 Å². The Morgan fingerprint density at radius 3 is 2.38 bits per heavy atom. The predicted octanol–water partition coefficient (Wildman–Crippen LogP) is 3.84. The average Bonchev–Trinajstić information content (AvgIpc) is 2.90. The van der Waals surface area contributed by atoms with E-state index >= 15 is 0 Å². The van der Waals surface area contributed by atoms with Crippen molar-refractivity contribution in [1.82, 2.24) is 9.78 Å². The number of rotatable bonds is 7. The summed E-state index contributed by atoms with van der Waals surface area (Å²) in [6.07, 6.45) is 3.15. The van der Waals surface area contributed by atoms with Gasteiger partial charge in [0, 0.05) is 18.7 Å². The molecule has 0 radical (unpaired) electrons. The molecule has 0 atom stereocenters. The van der Waals surface area contributed by atoms with Crippen LogP contribution in [-0.4, -0.2) is 15.6 Å². The molecule has 0 aliphatic carbocycles. The molecule has 0 N–H and O–H groups in total. The number of nitrogens with zero attached hydrogens (tertiary/aromatic N) is 2. The summed E-state index contributed by atoms with van der Waals surface area (Å²) < 4.78 is 2.04. The van der Waals surface area contributed by atoms with Crippen LogP contribution in [0, 0.1) is 0 Å². The molecular weight excluding hydrogens is 260 g/mol. The minimum Gasteiger partial charge on any atom is -0.294 e. The SMILES string of the molecule is CCC(=O)c1c(CC)nn(CCc2ccccc2)c1CC. The number of carbonyl (C=O) groups is 1. The van der Waals surface area contributed by atoms with Gasteiger partial charge >= 0.3 is 0 Å². The Morgan fingerprint density at radius 2 is 1.81 bits per heavy atom. The van der Waals surface area contributed by atoms with Crippen LogP contribution in [0.1, 0.15) is 54.5 Å². The van der Waals surface area contributed by atoms with Crippen LogP contribution in [0.25, 0.3) is 0 Å². The van der Waals surface area contributed by atoms with Crippen molar-refractivity contribution in [3.63, 3.8) is 0 Å². The minimum atomic E-state index is 0.217. The van der Waals surface area contributed by atoms with E-state index in [-0.39, 0.29) is 5.78 Å². The molecule has 0 aliphatic heterocycles. The smallest absolute Gasteiger partial charge is 0.166 e. The van der Waals surface area contributed by atoms with E-state index in [2.05, 4.69) is 43.2 Å². The van der Waals surface area contributed by atoms with Crippen molar-refractivity contribution in [3.05, 3.63) is 52.8 Å². The van der Waals surface area contributed by atoms with Crippen molar-refractivity contribution >= 4 is 5.78 Å². The monoisotopic (exact) mass is 284 g/mol. The van der Waals surface area contributed by atoms with E-state index < -0.39 is 0 Å². The molecule has 3 nitrogen and oxygen atoms in total. The van der Waals surface area contributed by atoms with Crippen LogP contribution in [0.5, 0.6) is 0 Å². The average molecular weight is 284 g/mol. The lowest BCUT2D eigenvalue weighted by Gasteiger charge is -2.07. The zero-order valence-corrected chi connectivity index (χ0v) is 13.2. The van der Waals surface area contributed by atoms with Crippen LogP contribution in [0.3, 0.4) is 0 Å². The molecule has 0 unspecified atom stereocenters. The fourth-order valence-electron chi connectivity index (χ4n) is 2.72. The molecule has 0 aliphatic rings. The zero-order chi connectivity index (χ0) is 15.2. The molecule has 3 heteroatoms. The summed E-state index contributed by atoms with van der Waals surface area (Å²) in [4.78, 5) is 12.2. The third kappa shape index (κ3) is 3.41. The molecular formula is C18H24N2O. The molecule has 2 rings (SSSR count). The first kappa shape index (κ1) is 15.5. The molecule has 0 spiro atoms. The molecule has 0 bridgehead atoms. The van der Waals surface area contributed by atoms with Crippen LogP contribution in [0.4, 0.5) is 0 Å². The lowest BCUT2D eigenvalue weighted by molar-refractivity contribution is 0.0986. The van der Waals surface area contributed by atoms with Gasteiger partial charge in [-0.25, -0.2) is 0 Å². The summed E-state index contributed by atoms with van der Waals surface area (Å²) in [6.45, 7) is 6.91. The Labute approximate surface area is 127 Å². The molecule has 21 heavy (non-hydrogen) atoms. The second kappa shape index (κ2) is 7.21. The van der Waals surface area contributed by atoms with Gasteiger partial charge in [0.1, 0.15) is 0 Å². The van der Waals surface area contributed by atoms with Gasteiger partial charge in [-0.1, -0.05) is 51.1 Å². The Bertz CT molecular complexity index is 599. The van der Waals surface area contributed by atoms with E-state index in [9.17, 15) is 4.79 Å². The normalized spacial score (nSPS) is 10.8. The largest absolute Gasteiger partial charge is 0.294 e. The first-order chi connectivity index (χ1) is 10.2. The molecule has 1 aromatic heterocycles. The van der Waals surface area contributed by atoms with E-state index in [0.717, 1.165) is 42.8 Å². The molecule has 0 amide bonds. The maximum Gasteiger partial charge on any atom is 0.166 e. The highest BCUT2D eigenvalue weighted by molar-refractivity contribution is 5.98. The number of aryl methyl sites for hydroxylation is 3. The van der Waals surface area contributed by atoms with Crippen molar-refractivity contribution in [1.29, 1.82) is 0 Å². The highest BCUT2D eigenvalue weighted by Gasteiger charge is 2.20. The maximum absolute atomic E-state index is 12.2. The summed E-state index contributed by atoms with van der Waals surface area (Å²) in [5, 5.41) is 4.68. The van der Waals surface area contributed by atoms with E-state index in [0.29, 0.717) is 6.42 Å². The molecule has 1 aromatic carbocycles. The van der Waals surface area contributed by atoms with Crippen molar-refractivity contribution in [2.75, 3.05) is 0 Å². The van der Waals surface area contributed by atoms with Crippen LogP contribution in [0.15, 0.2) is 30.3 Å². The minimum absolute atomic E-state index is 0.217. The van der Waals surface area contributed by atoms with Crippen molar-refractivity contribution in [2.24, 2.45) is 0 Å². The highest BCUT2D eigenvalue weighted by atomic mass is 16.1. The van der Waals surface area contributed by atoms with E-state index in [1.807, 2.05) is 17.7 Å². The Morgan fingerprint density at radius 1 is 1.10 bits per heavy atom. The lowest BCUT2D eigenvalue weighted by atomic mass is 10.0. The fraction of sp³-hybridized carbons (Fsp3) is 0.444. The van der Waals surface area contributed by atoms with Crippen LogP contribution >= 0.6 is 0 Å². The molecule has 1 heterocycles. The van der Waals surface area contributed by atoms with Crippen LogP contribution in [0.2, 0.25) is 0 Å². The zero-order valence-electron chi connectivity index (χ0n) is 13.2. The number of Topliss-reactive ketones (excluding diaryl/α,β-unsaturated/α-hetero) is 1. The summed E-state index contributed by atoms with van der Waals surface area (Å²) in [5.74, 6) is 0.217. The molecule has 2 aromatic rings. The maximum atomic E-state index is 12.2. The van der Waals surface area contributed by atoms with E-state index in [1.165, 1.54) is 5.56 Å². The third-order valence-electron chi connectivity index (χ3n) is 3.85. The number of aromatic nitrogens is 2. The van der Waals surface area contributed by atoms with E-state index in [4.69, 9.17) is 0 Å². The summed E-state index contributed by atoms with van der Waals surface area (Å²) in [6, 6.07) is 10.4. The van der Waals surface area contributed by atoms with Gasteiger partial charge in [0.2, 0.25) is 0 Å². The van der Waals surface area contributed by atoms with Gasteiger partial charge < -0.3 is 0 Å². The number of carbonyl (C=O) groups excluding carboxylic acids is 1. The Balaban J connectivity index is 2.27. The quantitative estimate of drug-likeness (QED) is 0.724. The van der Waals surface area contributed by atoms with Crippen molar-refractivity contribution in [2.45, 2.75) is 53.0 Å². The van der Waals surface area contributed by atoms with Gasteiger partial charge in [-0.05, 0) is 24.8 Å². The topological polar surface area (TPSA) is 34.9 Å². The summed E-state index contributed by atoms with van der Waals surface area (Å²) in [5.41, 5.74) is 4.22. The summed E-state index contributed by atoms with van der Waals surface area (Å²) in [7, 11) is 0. The molecule has 0 saturated heterocycles. The highest BCUT2D eigenvalue weighted by Crippen LogP contribution is 2.19. The van der Waals surface area contributed by atoms with Gasteiger partial charge in [-0.3, -0.25) is 9.48 Å². The third-order valence-corrected chi connectivity index (χ3v) is 3.85. The van der Waals surface area contributed by atoms with Crippen LogP contribution in [-0.2, 0) is 25.8 Å². The van der Waals surface area contributed by atoms with Gasteiger partial charge in [0.15, 0.2) is 5.78 Å².